The second kappa shape index (κ2) is 7.28. The van der Waals surface area contributed by atoms with Crippen molar-refractivity contribution in [3.8, 4) is 0 Å². The van der Waals surface area contributed by atoms with E-state index in [0.29, 0.717) is 23.8 Å². The Morgan fingerprint density at radius 3 is 2.48 bits per heavy atom. The number of nitrogens with one attached hydrogen (secondary N) is 1. The van der Waals surface area contributed by atoms with E-state index >= 15 is 0 Å². The Bertz CT molecular complexity index is 622. The van der Waals surface area contributed by atoms with E-state index < -0.39 is 0 Å². The van der Waals surface area contributed by atoms with E-state index in [9.17, 15) is 4.79 Å². The molecule has 0 heterocycles. The summed E-state index contributed by atoms with van der Waals surface area (Å²) in [6.45, 7) is 4.24. The van der Waals surface area contributed by atoms with Crippen LogP contribution < -0.4 is 5.32 Å². The number of hydrogen-bond donors (Lipinski definition) is 1. The standard InChI is InChI=1S/C18H20ClNO/c1-13(2)15-8-4-6-10-17(15)20-18(21)12-11-14-7-3-5-9-16(14)19/h3-10,13H,11-12H2,1-2H3,(H,20,21). The van der Waals surface area contributed by atoms with Crippen molar-refractivity contribution in [1.29, 1.82) is 0 Å². The predicted octanol–water partition coefficient (Wildman–Crippen LogP) is 5.03. The summed E-state index contributed by atoms with van der Waals surface area (Å²) in [5, 5.41) is 3.72. The molecule has 0 spiro atoms. The van der Waals surface area contributed by atoms with Crippen molar-refractivity contribution in [1.82, 2.24) is 0 Å². The molecule has 2 rings (SSSR count). The molecule has 2 nitrogen and oxygen atoms in total. The van der Waals surface area contributed by atoms with Crippen molar-refractivity contribution in [2.75, 3.05) is 5.32 Å². The van der Waals surface area contributed by atoms with Crippen molar-refractivity contribution in [3.63, 3.8) is 0 Å². The molecule has 110 valence electrons. The van der Waals surface area contributed by atoms with Gasteiger partial charge in [-0.1, -0.05) is 61.8 Å². The second-order valence-corrected chi connectivity index (χ2v) is 5.79. The molecule has 1 amide bonds. The average Bonchev–Trinajstić information content (AvgIpc) is 2.47. The predicted molar refractivity (Wildman–Crippen MR) is 88.9 cm³/mol. The molecule has 0 radical (unpaired) electrons. The quantitative estimate of drug-likeness (QED) is 0.824. The normalized spacial score (nSPS) is 10.7. The molecule has 0 atom stereocenters. The van der Waals surface area contributed by atoms with Crippen LogP contribution in [-0.4, -0.2) is 5.91 Å². The molecule has 1 N–H and O–H groups in total. The van der Waals surface area contributed by atoms with Crippen LogP contribution in [0.2, 0.25) is 5.02 Å². The van der Waals surface area contributed by atoms with Gasteiger partial charge in [-0.3, -0.25) is 4.79 Å². The Labute approximate surface area is 131 Å². The van der Waals surface area contributed by atoms with E-state index in [1.54, 1.807) is 0 Å². The molecular formula is C18H20ClNO. The van der Waals surface area contributed by atoms with Gasteiger partial charge in [-0.15, -0.1) is 0 Å². The molecule has 2 aromatic rings. The van der Waals surface area contributed by atoms with Crippen LogP contribution >= 0.6 is 11.6 Å². The molecule has 0 fully saturated rings. The van der Waals surface area contributed by atoms with E-state index in [4.69, 9.17) is 11.6 Å². The first-order valence-corrected chi connectivity index (χ1v) is 7.58. The number of hydrogen-bond acceptors (Lipinski definition) is 1. The maximum Gasteiger partial charge on any atom is 0.224 e. The zero-order chi connectivity index (χ0) is 15.2. The van der Waals surface area contributed by atoms with Crippen molar-refractivity contribution in [3.05, 3.63) is 64.7 Å². The average molecular weight is 302 g/mol. The molecule has 0 aromatic heterocycles. The summed E-state index contributed by atoms with van der Waals surface area (Å²) in [5.74, 6) is 0.396. The molecule has 0 unspecified atom stereocenters. The minimum Gasteiger partial charge on any atom is -0.326 e. The molecule has 0 aliphatic heterocycles. The molecule has 0 aliphatic carbocycles. The van der Waals surface area contributed by atoms with E-state index in [1.165, 1.54) is 0 Å². The lowest BCUT2D eigenvalue weighted by Crippen LogP contribution is -2.14. The summed E-state index contributed by atoms with van der Waals surface area (Å²) >= 11 is 6.10. The second-order valence-electron chi connectivity index (χ2n) is 5.38. The van der Waals surface area contributed by atoms with Gasteiger partial charge in [0.05, 0.1) is 0 Å². The smallest absolute Gasteiger partial charge is 0.224 e. The van der Waals surface area contributed by atoms with Gasteiger partial charge in [0.2, 0.25) is 5.91 Å². The first-order valence-electron chi connectivity index (χ1n) is 7.20. The number of carbonyl (C=O) groups is 1. The van der Waals surface area contributed by atoms with Crippen LogP contribution in [0, 0.1) is 0 Å². The van der Waals surface area contributed by atoms with Gasteiger partial charge in [-0.25, -0.2) is 0 Å². The van der Waals surface area contributed by atoms with Gasteiger partial charge in [0.1, 0.15) is 0 Å². The number of anilines is 1. The van der Waals surface area contributed by atoms with Gasteiger partial charge in [0.25, 0.3) is 0 Å². The van der Waals surface area contributed by atoms with Crippen molar-refractivity contribution in [2.24, 2.45) is 0 Å². The summed E-state index contributed by atoms with van der Waals surface area (Å²) in [4.78, 5) is 12.1. The number of amides is 1. The third kappa shape index (κ3) is 4.33. The van der Waals surface area contributed by atoms with Crippen LogP contribution in [0.1, 0.15) is 37.3 Å². The Hall–Kier alpha value is -1.80. The molecular weight excluding hydrogens is 282 g/mol. The van der Waals surface area contributed by atoms with Gasteiger partial charge >= 0.3 is 0 Å². The van der Waals surface area contributed by atoms with E-state index in [0.717, 1.165) is 16.8 Å². The van der Waals surface area contributed by atoms with E-state index in [-0.39, 0.29) is 5.91 Å². The van der Waals surface area contributed by atoms with Gasteiger partial charge in [0, 0.05) is 17.1 Å². The van der Waals surface area contributed by atoms with Crippen LogP contribution in [-0.2, 0) is 11.2 Å². The number of benzene rings is 2. The van der Waals surface area contributed by atoms with Crippen LogP contribution in [0.5, 0.6) is 0 Å². The summed E-state index contributed by atoms with van der Waals surface area (Å²) in [7, 11) is 0. The Balaban J connectivity index is 1.98. The molecule has 0 bridgehead atoms. The Morgan fingerprint density at radius 2 is 1.76 bits per heavy atom. The Morgan fingerprint density at radius 1 is 1.10 bits per heavy atom. The number of carbonyl (C=O) groups excluding carboxylic acids is 1. The lowest BCUT2D eigenvalue weighted by atomic mass is 10.0. The fourth-order valence-electron chi connectivity index (χ4n) is 2.28. The van der Waals surface area contributed by atoms with Crippen molar-refractivity contribution in [2.45, 2.75) is 32.6 Å². The SMILES string of the molecule is CC(C)c1ccccc1NC(=O)CCc1ccccc1Cl. The summed E-state index contributed by atoms with van der Waals surface area (Å²) in [6, 6.07) is 15.6. The van der Waals surface area contributed by atoms with Gasteiger partial charge in [-0.05, 0) is 35.6 Å². The summed E-state index contributed by atoms with van der Waals surface area (Å²) in [5.41, 5.74) is 3.06. The minimum atomic E-state index is 0.0167. The first-order chi connectivity index (χ1) is 10.1. The third-order valence-electron chi connectivity index (χ3n) is 3.44. The fourth-order valence-corrected chi connectivity index (χ4v) is 2.51. The third-order valence-corrected chi connectivity index (χ3v) is 3.80. The summed E-state index contributed by atoms with van der Waals surface area (Å²) in [6.07, 6.45) is 1.07. The minimum absolute atomic E-state index is 0.0167. The first kappa shape index (κ1) is 15.6. The molecule has 0 saturated heterocycles. The van der Waals surface area contributed by atoms with Crippen LogP contribution in [0.3, 0.4) is 0 Å². The molecule has 3 heteroatoms. The Kier molecular flexibility index (Phi) is 5.40. The van der Waals surface area contributed by atoms with Gasteiger partial charge in [-0.2, -0.15) is 0 Å². The lowest BCUT2D eigenvalue weighted by Gasteiger charge is -2.13. The highest BCUT2D eigenvalue weighted by atomic mass is 35.5. The van der Waals surface area contributed by atoms with E-state index in [2.05, 4.69) is 19.2 Å². The highest BCUT2D eigenvalue weighted by Gasteiger charge is 2.09. The highest BCUT2D eigenvalue weighted by Crippen LogP contribution is 2.24. The highest BCUT2D eigenvalue weighted by molar-refractivity contribution is 6.31. The maximum atomic E-state index is 12.1. The molecule has 0 saturated carbocycles. The molecule has 2 aromatic carbocycles. The van der Waals surface area contributed by atoms with E-state index in [1.807, 2.05) is 48.5 Å². The monoisotopic (exact) mass is 301 g/mol. The maximum absolute atomic E-state index is 12.1. The zero-order valence-electron chi connectivity index (χ0n) is 12.4. The van der Waals surface area contributed by atoms with Crippen molar-refractivity contribution < 1.29 is 4.79 Å². The summed E-state index contributed by atoms with van der Waals surface area (Å²) < 4.78 is 0. The molecule has 0 aliphatic rings. The topological polar surface area (TPSA) is 29.1 Å². The number of rotatable bonds is 5. The van der Waals surface area contributed by atoms with Crippen LogP contribution in [0.15, 0.2) is 48.5 Å². The van der Waals surface area contributed by atoms with Crippen molar-refractivity contribution >= 4 is 23.2 Å². The number of aryl methyl sites for hydroxylation is 1. The fraction of sp³-hybridized carbons (Fsp3) is 0.278. The number of halogens is 1. The van der Waals surface area contributed by atoms with Crippen LogP contribution in [0.25, 0.3) is 0 Å². The molecule has 21 heavy (non-hydrogen) atoms. The number of para-hydroxylation sites is 1. The largest absolute Gasteiger partial charge is 0.326 e. The lowest BCUT2D eigenvalue weighted by molar-refractivity contribution is -0.116. The van der Waals surface area contributed by atoms with Crippen LogP contribution in [0.4, 0.5) is 5.69 Å². The van der Waals surface area contributed by atoms with Gasteiger partial charge in [0.15, 0.2) is 0 Å². The zero-order valence-corrected chi connectivity index (χ0v) is 13.2. The van der Waals surface area contributed by atoms with Gasteiger partial charge < -0.3 is 5.32 Å².